The van der Waals surface area contributed by atoms with Crippen molar-refractivity contribution in [2.24, 2.45) is 0 Å². The van der Waals surface area contributed by atoms with Gasteiger partial charge in [-0.2, -0.15) is 0 Å². The van der Waals surface area contributed by atoms with Gasteiger partial charge in [-0.15, -0.1) is 0 Å². The zero-order valence-corrected chi connectivity index (χ0v) is 19.6. The number of carboxylic acid groups (broad SMARTS) is 1. The van der Waals surface area contributed by atoms with E-state index in [4.69, 9.17) is 13.6 Å². The molecule has 0 aliphatic carbocycles. The average Bonchev–Trinajstić information content (AvgIpc) is 3.19. The van der Waals surface area contributed by atoms with Crippen LogP contribution in [-0.4, -0.2) is 23.3 Å². The molecular weight excluding hydrogens is 436 g/mol. The van der Waals surface area contributed by atoms with Crippen LogP contribution in [0.1, 0.15) is 49.3 Å². The van der Waals surface area contributed by atoms with Crippen LogP contribution >= 0.6 is 0 Å². The summed E-state index contributed by atoms with van der Waals surface area (Å²) in [7, 11) is 1.55. The number of methoxy groups -OCH3 is 1. The van der Waals surface area contributed by atoms with Gasteiger partial charge in [-0.05, 0) is 55.7 Å². The number of aryl methyl sites for hydroxylation is 1. The number of furan rings is 1. The lowest BCUT2D eigenvalue weighted by atomic mass is 9.97. The molecule has 0 aliphatic heterocycles. The van der Waals surface area contributed by atoms with E-state index in [1.165, 1.54) is 6.07 Å². The number of carboxylic acids is 1. The molecule has 34 heavy (non-hydrogen) atoms. The van der Waals surface area contributed by atoms with Crippen LogP contribution in [0.5, 0.6) is 11.5 Å². The maximum atomic E-state index is 12.9. The van der Waals surface area contributed by atoms with Crippen LogP contribution in [0.4, 0.5) is 0 Å². The summed E-state index contributed by atoms with van der Waals surface area (Å²) in [6, 6.07) is 8.49. The number of aliphatic carboxylic acids is 1. The van der Waals surface area contributed by atoms with Gasteiger partial charge in [0.15, 0.2) is 11.3 Å². The lowest BCUT2D eigenvalue weighted by Crippen LogP contribution is -2.10. The fourth-order valence-electron chi connectivity index (χ4n) is 4.46. The Labute approximate surface area is 196 Å². The van der Waals surface area contributed by atoms with Crippen molar-refractivity contribution in [2.75, 3.05) is 7.11 Å². The summed E-state index contributed by atoms with van der Waals surface area (Å²) in [6.45, 7) is 3.96. The maximum absolute atomic E-state index is 12.9. The number of phenolic OH excluding ortho intramolecular Hbond substituents is 1. The van der Waals surface area contributed by atoms with Crippen molar-refractivity contribution in [3.8, 4) is 22.8 Å². The van der Waals surface area contributed by atoms with Gasteiger partial charge >= 0.3 is 11.6 Å². The van der Waals surface area contributed by atoms with E-state index in [1.54, 1.807) is 31.4 Å². The summed E-state index contributed by atoms with van der Waals surface area (Å²) in [5.74, 6) is -0.267. The van der Waals surface area contributed by atoms with Crippen molar-refractivity contribution < 1.29 is 28.6 Å². The Hall–Kier alpha value is -3.74. The highest BCUT2D eigenvalue weighted by molar-refractivity contribution is 6.10. The van der Waals surface area contributed by atoms with Gasteiger partial charge in [0.05, 0.1) is 18.9 Å². The highest BCUT2D eigenvalue weighted by Gasteiger charge is 2.26. The number of hydrogen-bond donors (Lipinski definition) is 2. The van der Waals surface area contributed by atoms with E-state index in [0.717, 1.165) is 31.2 Å². The van der Waals surface area contributed by atoms with Gasteiger partial charge in [0.2, 0.25) is 0 Å². The number of unbranched alkanes of at least 4 members (excludes halogenated alkanes) is 3. The molecule has 4 aromatic rings. The van der Waals surface area contributed by atoms with Crippen LogP contribution in [-0.2, 0) is 17.6 Å². The monoisotopic (exact) mass is 464 g/mol. The summed E-state index contributed by atoms with van der Waals surface area (Å²) in [5.41, 5.74) is 2.15. The van der Waals surface area contributed by atoms with Crippen LogP contribution < -0.4 is 10.4 Å². The van der Waals surface area contributed by atoms with Crippen LogP contribution in [0.25, 0.3) is 33.3 Å². The summed E-state index contributed by atoms with van der Waals surface area (Å²) in [5, 5.41) is 21.3. The number of aromatic hydroxyl groups is 1. The third kappa shape index (κ3) is 4.25. The smallest absolute Gasteiger partial charge is 0.339 e. The molecule has 7 heteroatoms. The standard InChI is InChI=1S/C27H28O7/c1-4-5-6-7-8-18-15(2)19-13-21(28)26-23(25(19)34-27(18)31)20(14-22(29)30)24(33-26)16-9-11-17(32-3)12-10-16/h9-13,28H,4-8,14H2,1-3H3,(H,29,30). The summed E-state index contributed by atoms with van der Waals surface area (Å²) >= 11 is 0. The van der Waals surface area contributed by atoms with Crippen LogP contribution in [0.15, 0.2) is 44.0 Å². The molecule has 0 bridgehead atoms. The molecule has 2 aromatic heterocycles. The van der Waals surface area contributed by atoms with Gasteiger partial charge in [-0.25, -0.2) is 4.79 Å². The van der Waals surface area contributed by atoms with E-state index in [1.807, 2.05) is 6.92 Å². The quantitative estimate of drug-likeness (QED) is 0.232. The topological polar surface area (TPSA) is 110 Å². The van der Waals surface area contributed by atoms with Crippen molar-refractivity contribution in [1.29, 1.82) is 0 Å². The molecule has 0 saturated carbocycles. The number of ether oxygens (including phenoxy) is 1. The number of fused-ring (bicyclic) bond motifs is 3. The highest BCUT2D eigenvalue weighted by Crippen LogP contribution is 2.43. The largest absolute Gasteiger partial charge is 0.504 e. The highest BCUT2D eigenvalue weighted by atomic mass is 16.5. The number of rotatable bonds is 9. The first-order chi connectivity index (χ1) is 16.3. The van der Waals surface area contributed by atoms with Gasteiger partial charge < -0.3 is 23.8 Å². The molecule has 0 saturated heterocycles. The van der Waals surface area contributed by atoms with Crippen LogP contribution in [0.2, 0.25) is 0 Å². The Morgan fingerprint density at radius 3 is 2.41 bits per heavy atom. The van der Waals surface area contributed by atoms with E-state index < -0.39 is 11.6 Å². The summed E-state index contributed by atoms with van der Waals surface area (Å²) < 4.78 is 17.0. The second-order valence-corrected chi connectivity index (χ2v) is 8.49. The number of carbonyl (C=O) groups is 1. The SMILES string of the molecule is CCCCCCc1c(C)c2cc(O)c3oc(-c4ccc(OC)cc4)c(CC(=O)O)c3c2oc1=O. The first-order valence-corrected chi connectivity index (χ1v) is 11.5. The molecule has 0 fully saturated rings. The minimum absolute atomic E-state index is 0.0906. The van der Waals surface area contributed by atoms with Crippen LogP contribution in [0.3, 0.4) is 0 Å². The van der Waals surface area contributed by atoms with E-state index >= 15 is 0 Å². The molecule has 0 amide bonds. The van der Waals surface area contributed by atoms with Gasteiger partial charge in [0.1, 0.15) is 17.1 Å². The predicted molar refractivity (Wildman–Crippen MR) is 130 cm³/mol. The first kappa shape index (κ1) is 23.4. The van der Waals surface area contributed by atoms with E-state index in [9.17, 15) is 19.8 Å². The number of benzene rings is 2. The molecule has 0 unspecified atom stereocenters. The van der Waals surface area contributed by atoms with Crippen molar-refractivity contribution in [3.05, 3.63) is 57.4 Å². The molecular formula is C27H28O7. The fraction of sp³-hybridized carbons (Fsp3) is 0.333. The Morgan fingerprint density at radius 1 is 1.03 bits per heavy atom. The Kier molecular flexibility index (Phi) is 6.63. The molecule has 0 spiro atoms. The maximum Gasteiger partial charge on any atom is 0.339 e. The lowest BCUT2D eigenvalue weighted by Gasteiger charge is -2.09. The fourth-order valence-corrected chi connectivity index (χ4v) is 4.46. The normalized spacial score (nSPS) is 11.4. The molecule has 0 aliphatic rings. The molecule has 0 radical (unpaired) electrons. The Bertz CT molecular complexity index is 1410. The van der Waals surface area contributed by atoms with Crippen molar-refractivity contribution >= 4 is 27.9 Å². The summed E-state index contributed by atoms with van der Waals surface area (Å²) in [4.78, 5) is 24.7. The van der Waals surface area contributed by atoms with E-state index in [-0.39, 0.29) is 23.3 Å². The zero-order valence-electron chi connectivity index (χ0n) is 19.6. The minimum atomic E-state index is -1.07. The molecule has 0 atom stereocenters. The molecule has 4 rings (SSSR count). The third-order valence-electron chi connectivity index (χ3n) is 6.25. The second kappa shape index (κ2) is 9.63. The van der Waals surface area contributed by atoms with Crippen molar-refractivity contribution in [3.63, 3.8) is 0 Å². The number of hydrogen-bond acceptors (Lipinski definition) is 6. The van der Waals surface area contributed by atoms with Gasteiger partial charge in [0.25, 0.3) is 0 Å². The molecule has 178 valence electrons. The van der Waals surface area contributed by atoms with Gasteiger partial charge in [-0.1, -0.05) is 26.2 Å². The lowest BCUT2D eigenvalue weighted by molar-refractivity contribution is -0.136. The third-order valence-corrected chi connectivity index (χ3v) is 6.25. The second-order valence-electron chi connectivity index (χ2n) is 8.49. The Balaban J connectivity index is 1.96. The van der Waals surface area contributed by atoms with E-state index in [2.05, 4.69) is 6.92 Å². The number of phenols is 1. The molecule has 2 heterocycles. The first-order valence-electron chi connectivity index (χ1n) is 11.5. The van der Waals surface area contributed by atoms with Crippen LogP contribution in [0, 0.1) is 6.92 Å². The Morgan fingerprint density at radius 2 is 1.76 bits per heavy atom. The zero-order chi connectivity index (χ0) is 24.4. The van der Waals surface area contributed by atoms with Crippen molar-refractivity contribution in [2.45, 2.75) is 52.4 Å². The van der Waals surface area contributed by atoms with Gasteiger partial charge in [-0.3, -0.25) is 4.79 Å². The molecule has 2 aromatic carbocycles. The summed E-state index contributed by atoms with van der Waals surface area (Å²) in [6.07, 6.45) is 4.31. The predicted octanol–water partition coefficient (Wildman–Crippen LogP) is 5.98. The molecule has 7 nitrogen and oxygen atoms in total. The molecule has 2 N–H and O–H groups in total. The minimum Gasteiger partial charge on any atom is -0.504 e. The van der Waals surface area contributed by atoms with Gasteiger partial charge in [0, 0.05) is 22.1 Å². The average molecular weight is 465 g/mol. The van der Waals surface area contributed by atoms with E-state index in [0.29, 0.717) is 45.4 Å². The van der Waals surface area contributed by atoms with Crippen molar-refractivity contribution in [1.82, 2.24) is 0 Å².